The number of aliphatic hydroxyl groups excluding tert-OH is 1. The van der Waals surface area contributed by atoms with E-state index in [0.29, 0.717) is 25.4 Å². The lowest BCUT2D eigenvalue weighted by Crippen LogP contribution is -2.44. The fraction of sp³-hybridized carbons (Fsp3) is 0.412. The molecule has 23 heavy (non-hydrogen) atoms. The van der Waals surface area contributed by atoms with Crippen LogP contribution in [0.4, 0.5) is 0 Å². The molecular weight excluding hydrogens is 294 g/mol. The van der Waals surface area contributed by atoms with Gasteiger partial charge in [0.25, 0.3) is 5.91 Å². The van der Waals surface area contributed by atoms with Crippen molar-refractivity contribution in [2.45, 2.75) is 25.6 Å². The Morgan fingerprint density at radius 3 is 2.91 bits per heavy atom. The van der Waals surface area contributed by atoms with Crippen LogP contribution in [0.25, 0.3) is 0 Å². The average Bonchev–Trinajstić information content (AvgIpc) is 3.15. The van der Waals surface area contributed by atoms with Gasteiger partial charge in [0.1, 0.15) is 6.10 Å². The number of hydrogen-bond acceptors (Lipinski definition) is 4. The van der Waals surface area contributed by atoms with Crippen molar-refractivity contribution in [3.63, 3.8) is 0 Å². The van der Waals surface area contributed by atoms with E-state index in [1.807, 2.05) is 12.1 Å². The monoisotopic (exact) mass is 315 g/mol. The number of carbonyl (C=O) groups is 1. The summed E-state index contributed by atoms with van der Waals surface area (Å²) in [4.78, 5) is 20.7. The van der Waals surface area contributed by atoms with E-state index in [1.165, 1.54) is 18.1 Å². The third-order valence-corrected chi connectivity index (χ3v) is 4.19. The summed E-state index contributed by atoms with van der Waals surface area (Å²) in [5.41, 5.74) is 2.73. The Morgan fingerprint density at radius 1 is 1.48 bits per heavy atom. The fourth-order valence-corrected chi connectivity index (χ4v) is 2.74. The van der Waals surface area contributed by atoms with Crippen molar-refractivity contribution in [1.29, 1.82) is 0 Å². The molecule has 1 aromatic carbocycles. The molecule has 3 rings (SSSR count). The maximum absolute atomic E-state index is 12.4. The van der Waals surface area contributed by atoms with E-state index in [9.17, 15) is 9.90 Å². The number of carbonyl (C=O) groups excluding carboxylic acids is 1. The summed E-state index contributed by atoms with van der Waals surface area (Å²) in [5.74, 6) is -0.326. The van der Waals surface area contributed by atoms with Crippen molar-refractivity contribution in [3.8, 4) is 0 Å². The maximum atomic E-state index is 12.4. The lowest BCUT2D eigenvalue weighted by atomic mass is 10.0. The molecule has 122 valence electrons. The third kappa shape index (κ3) is 3.43. The molecule has 2 unspecified atom stereocenters. The van der Waals surface area contributed by atoms with Crippen LogP contribution in [-0.2, 0) is 16.0 Å². The number of morpholine rings is 1. The molecule has 2 heterocycles. The molecular formula is C17H21N3O3. The Bertz CT molecular complexity index is 640. The van der Waals surface area contributed by atoms with Crippen molar-refractivity contribution < 1.29 is 14.6 Å². The summed E-state index contributed by atoms with van der Waals surface area (Å²) in [6.45, 7) is 3.49. The number of aromatic nitrogens is 2. The van der Waals surface area contributed by atoms with E-state index in [4.69, 9.17) is 4.74 Å². The first-order chi connectivity index (χ1) is 11.2. The Kier molecular flexibility index (Phi) is 4.73. The molecule has 0 radical (unpaired) electrons. The summed E-state index contributed by atoms with van der Waals surface area (Å²) in [7, 11) is 0. The molecule has 6 heteroatoms. The van der Waals surface area contributed by atoms with E-state index in [0.717, 1.165) is 12.0 Å². The van der Waals surface area contributed by atoms with Crippen LogP contribution in [0.2, 0.25) is 0 Å². The summed E-state index contributed by atoms with van der Waals surface area (Å²) >= 11 is 0. The fourth-order valence-electron chi connectivity index (χ4n) is 2.74. The highest BCUT2D eigenvalue weighted by Crippen LogP contribution is 2.24. The standard InChI is InChI=1S/C17H21N3O3/c1-2-12-3-5-13(6-4-12)15-10-20(7-8-23-15)17(22)16(21)14-9-18-11-19-14/h3-6,9,11,15-16,21H,2,7-8,10H2,1H3,(H,18,19). The molecule has 0 saturated carbocycles. The van der Waals surface area contributed by atoms with Gasteiger partial charge >= 0.3 is 0 Å². The molecule has 2 N–H and O–H groups in total. The molecule has 1 amide bonds. The zero-order valence-corrected chi connectivity index (χ0v) is 13.1. The summed E-state index contributed by atoms with van der Waals surface area (Å²) in [6, 6.07) is 8.25. The van der Waals surface area contributed by atoms with Gasteiger partial charge in [-0.05, 0) is 17.5 Å². The number of H-pyrrole nitrogens is 1. The molecule has 1 aliphatic heterocycles. The van der Waals surface area contributed by atoms with Crippen LogP contribution in [0.15, 0.2) is 36.8 Å². The lowest BCUT2D eigenvalue weighted by Gasteiger charge is -2.34. The maximum Gasteiger partial charge on any atom is 0.257 e. The zero-order chi connectivity index (χ0) is 16.2. The third-order valence-electron chi connectivity index (χ3n) is 4.19. The van der Waals surface area contributed by atoms with Gasteiger partial charge in [-0.15, -0.1) is 0 Å². The first kappa shape index (κ1) is 15.7. The van der Waals surface area contributed by atoms with Crippen LogP contribution in [0.5, 0.6) is 0 Å². The number of aromatic amines is 1. The summed E-state index contributed by atoms with van der Waals surface area (Å²) in [5, 5.41) is 10.2. The van der Waals surface area contributed by atoms with Gasteiger partial charge in [0, 0.05) is 6.54 Å². The van der Waals surface area contributed by atoms with Crippen molar-refractivity contribution >= 4 is 5.91 Å². The highest BCUT2D eigenvalue weighted by Gasteiger charge is 2.30. The van der Waals surface area contributed by atoms with E-state index in [1.54, 1.807) is 4.90 Å². The van der Waals surface area contributed by atoms with Gasteiger partial charge in [-0.25, -0.2) is 4.98 Å². The van der Waals surface area contributed by atoms with Gasteiger partial charge in [0.05, 0.1) is 31.4 Å². The van der Waals surface area contributed by atoms with Crippen molar-refractivity contribution in [1.82, 2.24) is 14.9 Å². The molecule has 1 fully saturated rings. The first-order valence-electron chi connectivity index (χ1n) is 7.84. The highest BCUT2D eigenvalue weighted by atomic mass is 16.5. The minimum atomic E-state index is -1.21. The summed E-state index contributed by atoms with van der Waals surface area (Å²) < 4.78 is 5.79. The number of hydrogen-bond donors (Lipinski definition) is 2. The smallest absolute Gasteiger partial charge is 0.257 e. The normalized spacial score (nSPS) is 19.6. The van der Waals surface area contributed by atoms with Gasteiger partial charge < -0.3 is 19.7 Å². The quantitative estimate of drug-likeness (QED) is 0.898. The van der Waals surface area contributed by atoms with Crippen LogP contribution in [0.1, 0.15) is 36.0 Å². The summed E-state index contributed by atoms with van der Waals surface area (Å²) in [6.07, 6.45) is 2.53. The molecule has 2 atom stereocenters. The van der Waals surface area contributed by atoms with Gasteiger partial charge in [-0.3, -0.25) is 4.79 Å². The largest absolute Gasteiger partial charge is 0.377 e. The number of benzene rings is 1. The molecule has 1 aliphatic rings. The highest BCUT2D eigenvalue weighted by molar-refractivity contribution is 5.81. The Morgan fingerprint density at radius 2 is 2.26 bits per heavy atom. The van der Waals surface area contributed by atoms with Gasteiger partial charge in [0.15, 0.2) is 6.10 Å². The number of nitrogens with one attached hydrogen (secondary N) is 1. The zero-order valence-electron chi connectivity index (χ0n) is 13.1. The van der Waals surface area contributed by atoms with Gasteiger partial charge in [-0.2, -0.15) is 0 Å². The van der Waals surface area contributed by atoms with E-state index >= 15 is 0 Å². The second-order valence-corrected chi connectivity index (χ2v) is 5.65. The van der Waals surface area contributed by atoms with Crippen molar-refractivity contribution in [2.24, 2.45) is 0 Å². The van der Waals surface area contributed by atoms with E-state index in [-0.39, 0.29) is 12.0 Å². The van der Waals surface area contributed by atoms with Gasteiger partial charge in [0.2, 0.25) is 0 Å². The predicted octanol–water partition coefficient (Wildman–Crippen LogP) is 1.61. The molecule has 1 aromatic heterocycles. The van der Waals surface area contributed by atoms with Gasteiger partial charge in [-0.1, -0.05) is 31.2 Å². The van der Waals surface area contributed by atoms with Crippen LogP contribution < -0.4 is 0 Å². The van der Waals surface area contributed by atoms with Crippen LogP contribution in [-0.4, -0.2) is 45.6 Å². The lowest BCUT2D eigenvalue weighted by molar-refractivity contribution is -0.148. The van der Waals surface area contributed by atoms with Crippen LogP contribution in [0, 0.1) is 0 Å². The minimum Gasteiger partial charge on any atom is -0.377 e. The molecule has 1 saturated heterocycles. The number of imidazole rings is 1. The number of amides is 1. The molecule has 2 aromatic rings. The minimum absolute atomic E-state index is 0.160. The predicted molar refractivity (Wildman–Crippen MR) is 84.6 cm³/mol. The SMILES string of the molecule is CCc1ccc(C2CN(C(=O)C(O)c3cnc[nH]3)CCO2)cc1. The Labute approximate surface area is 135 Å². The number of rotatable bonds is 4. The first-order valence-corrected chi connectivity index (χ1v) is 7.84. The molecule has 0 spiro atoms. The second kappa shape index (κ2) is 6.93. The number of nitrogens with zero attached hydrogens (tertiary/aromatic N) is 2. The van der Waals surface area contributed by atoms with Crippen LogP contribution >= 0.6 is 0 Å². The Balaban J connectivity index is 1.68. The van der Waals surface area contributed by atoms with E-state index in [2.05, 4.69) is 29.0 Å². The number of aryl methyl sites for hydroxylation is 1. The van der Waals surface area contributed by atoms with Crippen LogP contribution in [0.3, 0.4) is 0 Å². The Hall–Kier alpha value is -2.18. The van der Waals surface area contributed by atoms with Crippen molar-refractivity contribution in [2.75, 3.05) is 19.7 Å². The number of aliphatic hydroxyl groups is 1. The van der Waals surface area contributed by atoms with Crippen molar-refractivity contribution in [3.05, 3.63) is 53.6 Å². The van der Waals surface area contributed by atoms with E-state index < -0.39 is 6.10 Å². The topological polar surface area (TPSA) is 78.5 Å². The molecule has 6 nitrogen and oxygen atoms in total. The molecule has 0 aliphatic carbocycles. The second-order valence-electron chi connectivity index (χ2n) is 5.65. The average molecular weight is 315 g/mol. The molecule has 0 bridgehead atoms. The number of ether oxygens (including phenoxy) is 1.